The third-order valence-corrected chi connectivity index (χ3v) is 7.57. The molecule has 0 aromatic heterocycles. The van der Waals surface area contributed by atoms with Gasteiger partial charge in [0.15, 0.2) is 0 Å². The number of ether oxygens (including phenoxy) is 1. The average Bonchev–Trinajstić information content (AvgIpc) is 3.31. The molecule has 3 saturated heterocycles. The maximum absolute atomic E-state index is 13.0. The largest absolute Gasteiger partial charge is 0.368 e. The summed E-state index contributed by atoms with van der Waals surface area (Å²) >= 11 is 0. The van der Waals surface area contributed by atoms with Gasteiger partial charge >= 0.3 is 0 Å². The maximum atomic E-state index is 13.0. The lowest BCUT2D eigenvalue weighted by molar-refractivity contribution is -0.0951. The number of nitrogens with zero attached hydrogens (tertiary/aromatic N) is 2. The number of hydrogen-bond donors (Lipinski definition) is 0. The van der Waals surface area contributed by atoms with Crippen LogP contribution in [0.15, 0.2) is 29.2 Å². The molecule has 0 radical (unpaired) electrons. The van der Waals surface area contributed by atoms with E-state index in [9.17, 15) is 8.42 Å². The molecule has 6 heteroatoms. The first-order valence-electron chi connectivity index (χ1n) is 9.32. The van der Waals surface area contributed by atoms with Gasteiger partial charge in [-0.25, -0.2) is 8.42 Å². The van der Waals surface area contributed by atoms with E-state index in [0.29, 0.717) is 4.90 Å². The van der Waals surface area contributed by atoms with E-state index in [4.69, 9.17) is 4.74 Å². The van der Waals surface area contributed by atoms with Gasteiger partial charge in [0.05, 0.1) is 28.7 Å². The van der Waals surface area contributed by atoms with Crippen LogP contribution in [-0.4, -0.2) is 61.5 Å². The molecule has 4 rings (SSSR count). The van der Waals surface area contributed by atoms with E-state index in [1.165, 1.54) is 0 Å². The quantitative estimate of drug-likeness (QED) is 0.755. The Morgan fingerprint density at radius 1 is 1.12 bits per heavy atom. The van der Waals surface area contributed by atoms with Gasteiger partial charge in [-0.05, 0) is 45.9 Å². The summed E-state index contributed by atoms with van der Waals surface area (Å²) in [6.45, 7) is 9.91. The summed E-state index contributed by atoms with van der Waals surface area (Å²) in [4.78, 5) is 2.68. The molecular weight excluding hydrogens is 336 g/mol. The van der Waals surface area contributed by atoms with Crippen molar-refractivity contribution in [1.82, 2.24) is 9.21 Å². The lowest BCUT2D eigenvalue weighted by Gasteiger charge is -2.40. The highest BCUT2D eigenvalue weighted by atomic mass is 32.2. The second-order valence-electron chi connectivity index (χ2n) is 7.27. The number of sulfonamides is 1. The van der Waals surface area contributed by atoms with E-state index in [1.807, 2.05) is 39.8 Å². The number of aryl methyl sites for hydroxylation is 1. The highest BCUT2D eigenvalue weighted by Crippen LogP contribution is 2.55. The van der Waals surface area contributed by atoms with Crippen molar-refractivity contribution < 1.29 is 13.2 Å². The Morgan fingerprint density at radius 2 is 1.68 bits per heavy atom. The van der Waals surface area contributed by atoms with E-state index in [-0.39, 0.29) is 23.8 Å². The van der Waals surface area contributed by atoms with Crippen molar-refractivity contribution in [2.45, 2.75) is 69.2 Å². The molecule has 3 aliphatic heterocycles. The Kier molecular flexibility index (Phi) is 5.01. The van der Waals surface area contributed by atoms with Gasteiger partial charge in [-0.1, -0.05) is 31.5 Å². The summed E-state index contributed by atoms with van der Waals surface area (Å²) in [5.41, 5.74) is 0.785. The summed E-state index contributed by atoms with van der Waals surface area (Å²) < 4.78 is 34.0. The van der Waals surface area contributed by atoms with E-state index >= 15 is 0 Å². The van der Waals surface area contributed by atoms with Crippen LogP contribution in [-0.2, 0) is 14.8 Å². The number of rotatable bonds is 2. The minimum atomic E-state index is -3.42. The van der Waals surface area contributed by atoms with Crippen molar-refractivity contribution in [3.63, 3.8) is 0 Å². The van der Waals surface area contributed by atoms with Gasteiger partial charge in [0.1, 0.15) is 0 Å². The van der Waals surface area contributed by atoms with Gasteiger partial charge in [0, 0.05) is 13.1 Å². The van der Waals surface area contributed by atoms with Crippen LogP contribution in [0.3, 0.4) is 0 Å². The lowest BCUT2D eigenvalue weighted by Crippen LogP contribution is -2.49. The highest BCUT2D eigenvalue weighted by molar-refractivity contribution is 7.89. The Hall–Kier alpha value is -0.950. The first-order chi connectivity index (χ1) is 11.8. The molecule has 4 atom stereocenters. The van der Waals surface area contributed by atoms with Crippen LogP contribution in [0.4, 0.5) is 0 Å². The second kappa shape index (κ2) is 6.65. The predicted molar refractivity (Wildman–Crippen MR) is 99.1 cm³/mol. The standard InChI is InChI=1S/C17H24N2O3S.C2H6/c1-12-4-6-14(7-5-12)23(20,21)19-15-13(2)22-17(16(15)19)8-10-18(3)11-9-17;1-2/h4-7,13,15-16H,8-11H2,1-3H3;1-2H3. The zero-order valence-corrected chi connectivity index (χ0v) is 16.7. The van der Waals surface area contributed by atoms with Crippen LogP contribution in [0.5, 0.6) is 0 Å². The molecule has 3 aliphatic rings. The van der Waals surface area contributed by atoms with Crippen LogP contribution in [0.25, 0.3) is 0 Å². The third kappa shape index (κ3) is 3.03. The molecular formula is C19H30N2O3S. The molecule has 0 amide bonds. The molecule has 1 spiro atoms. The van der Waals surface area contributed by atoms with Crippen molar-refractivity contribution in [2.75, 3.05) is 20.1 Å². The van der Waals surface area contributed by atoms with Crippen molar-refractivity contribution in [3.8, 4) is 0 Å². The molecule has 3 fully saturated rings. The molecule has 3 heterocycles. The average molecular weight is 367 g/mol. The smallest absolute Gasteiger partial charge is 0.243 e. The van der Waals surface area contributed by atoms with E-state index in [2.05, 4.69) is 11.9 Å². The summed E-state index contributed by atoms with van der Waals surface area (Å²) in [7, 11) is -1.32. The monoisotopic (exact) mass is 366 g/mol. The minimum Gasteiger partial charge on any atom is -0.368 e. The molecule has 25 heavy (non-hydrogen) atoms. The maximum Gasteiger partial charge on any atom is 0.243 e. The van der Waals surface area contributed by atoms with Crippen LogP contribution >= 0.6 is 0 Å². The van der Waals surface area contributed by atoms with Crippen LogP contribution < -0.4 is 0 Å². The molecule has 140 valence electrons. The van der Waals surface area contributed by atoms with Gasteiger partial charge in [-0.3, -0.25) is 0 Å². The summed E-state index contributed by atoms with van der Waals surface area (Å²) in [5, 5.41) is 0. The lowest BCUT2D eigenvalue weighted by atomic mass is 9.88. The topological polar surface area (TPSA) is 49.6 Å². The Bertz CT molecular complexity index is 709. The van der Waals surface area contributed by atoms with E-state index in [0.717, 1.165) is 31.5 Å². The van der Waals surface area contributed by atoms with Gasteiger partial charge in [-0.15, -0.1) is 0 Å². The SMILES string of the molecule is CC.Cc1ccc(S(=O)(=O)N2C3C(C)OC4(CCN(C)CC4)C32)cc1. The molecule has 5 nitrogen and oxygen atoms in total. The highest BCUT2D eigenvalue weighted by Gasteiger charge is 2.72. The number of morpholine rings is 1. The van der Waals surface area contributed by atoms with Gasteiger partial charge in [-0.2, -0.15) is 4.31 Å². The fourth-order valence-electron chi connectivity index (χ4n) is 4.30. The summed E-state index contributed by atoms with van der Waals surface area (Å²) in [6.07, 6.45) is 1.80. The molecule has 1 aromatic rings. The predicted octanol–water partition coefficient (Wildman–Crippen LogP) is 2.65. The van der Waals surface area contributed by atoms with Gasteiger partial charge < -0.3 is 9.64 Å². The van der Waals surface area contributed by atoms with Crippen LogP contribution in [0, 0.1) is 6.92 Å². The molecule has 0 saturated carbocycles. The van der Waals surface area contributed by atoms with Crippen molar-refractivity contribution in [3.05, 3.63) is 29.8 Å². The number of benzene rings is 1. The summed E-state index contributed by atoms with van der Waals surface area (Å²) in [6, 6.07) is 7.16. The fourth-order valence-corrected chi connectivity index (χ4v) is 6.19. The number of piperidine rings is 1. The Labute approximate surface area is 152 Å². The van der Waals surface area contributed by atoms with Gasteiger partial charge in [0.2, 0.25) is 10.0 Å². The molecule has 1 aromatic carbocycles. The number of hydrogen-bond acceptors (Lipinski definition) is 4. The van der Waals surface area contributed by atoms with E-state index < -0.39 is 10.0 Å². The van der Waals surface area contributed by atoms with Gasteiger partial charge in [0.25, 0.3) is 0 Å². The fraction of sp³-hybridized carbons (Fsp3) is 0.684. The van der Waals surface area contributed by atoms with Crippen LogP contribution in [0.2, 0.25) is 0 Å². The Morgan fingerprint density at radius 3 is 2.24 bits per heavy atom. The van der Waals surface area contributed by atoms with E-state index in [1.54, 1.807) is 16.4 Å². The van der Waals surface area contributed by atoms with Crippen molar-refractivity contribution in [2.24, 2.45) is 0 Å². The van der Waals surface area contributed by atoms with Crippen molar-refractivity contribution in [1.29, 1.82) is 0 Å². The number of fused-ring (bicyclic) bond motifs is 2. The third-order valence-electron chi connectivity index (χ3n) is 5.67. The van der Waals surface area contributed by atoms with Crippen molar-refractivity contribution >= 4 is 10.0 Å². The minimum absolute atomic E-state index is 0.00436. The zero-order valence-electron chi connectivity index (χ0n) is 15.9. The zero-order chi connectivity index (χ0) is 18.4. The molecule has 4 unspecified atom stereocenters. The molecule has 0 N–H and O–H groups in total. The molecule has 0 aliphatic carbocycles. The van der Waals surface area contributed by atoms with Crippen LogP contribution in [0.1, 0.15) is 39.2 Å². The Balaban J connectivity index is 0.000000880. The first kappa shape index (κ1) is 18.8. The second-order valence-corrected chi connectivity index (χ2v) is 9.12. The normalized spacial score (nSPS) is 33.5. The first-order valence-corrected chi connectivity index (χ1v) is 10.8. The summed E-state index contributed by atoms with van der Waals surface area (Å²) in [5.74, 6) is 0. The number of likely N-dealkylation sites (tertiary alicyclic amines) is 1. The molecule has 0 bridgehead atoms.